The second kappa shape index (κ2) is 14.3. The van der Waals surface area contributed by atoms with Gasteiger partial charge in [-0.25, -0.2) is 37.5 Å². The van der Waals surface area contributed by atoms with Gasteiger partial charge in [0.15, 0.2) is 23.3 Å². The first-order valence-electron chi connectivity index (χ1n) is 16.5. The van der Waals surface area contributed by atoms with Gasteiger partial charge in [-0.3, -0.25) is 19.3 Å². The van der Waals surface area contributed by atoms with E-state index in [1.165, 1.54) is 12.1 Å². The number of aromatic nitrogens is 10. The third-order valence-corrected chi connectivity index (χ3v) is 8.50. The lowest BCUT2D eigenvalue weighted by molar-refractivity contribution is 0.623. The van der Waals surface area contributed by atoms with Gasteiger partial charge in [0, 0.05) is 49.3 Å². The van der Waals surface area contributed by atoms with E-state index >= 15 is 0 Å². The average molecular weight is 733 g/mol. The van der Waals surface area contributed by atoms with Crippen molar-refractivity contribution < 1.29 is 17.6 Å². The zero-order valence-electron chi connectivity index (χ0n) is 29.9. The fourth-order valence-electron chi connectivity index (χ4n) is 5.69. The Morgan fingerprint density at radius 3 is 1.67 bits per heavy atom. The molecule has 0 radical (unpaired) electrons. The summed E-state index contributed by atoms with van der Waals surface area (Å²) < 4.78 is 60.4. The van der Waals surface area contributed by atoms with Crippen LogP contribution in [-0.4, -0.2) is 49.5 Å². The summed E-state index contributed by atoms with van der Waals surface area (Å²) in [5, 5.41) is 14.5. The first kappa shape index (κ1) is 35.6. The molecule has 8 aromatic heterocycles. The molecule has 0 bridgehead atoms. The maximum atomic E-state index is 14.5. The molecule has 0 aliphatic rings. The number of hydrogen-bond donors (Lipinski definition) is 2. The van der Waals surface area contributed by atoms with E-state index in [1.54, 1.807) is 86.4 Å². The van der Waals surface area contributed by atoms with Crippen LogP contribution in [0, 0.1) is 51.0 Å². The standard InChI is InChI=1S/2C19H16F2N6/c1-10-7-22-15(17-12(20)5-4-11(2)24-17)6-14(10)25-18-13(21)8-23-16-9-27(3)26-19(16)18;1-10-7-22-15(17-12(20)5-4-11(2)25-17)6-14(10)26-18-13(21)8-23-16-9-24-27(3)19(16)18/h4-9H,1-3H3,(H,22,25);4-9H,1-3H3,(H,22,23,26). The summed E-state index contributed by atoms with van der Waals surface area (Å²) in [4.78, 5) is 25.1. The van der Waals surface area contributed by atoms with Gasteiger partial charge in [-0.05, 0) is 75.2 Å². The molecule has 0 unspecified atom stereocenters. The highest BCUT2D eigenvalue weighted by Crippen LogP contribution is 2.33. The van der Waals surface area contributed by atoms with Crippen molar-refractivity contribution in [2.45, 2.75) is 27.7 Å². The molecule has 54 heavy (non-hydrogen) atoms. The molecule has 0 aromatic carbocycles. The summed E-state index contributed by atoms with van der Waals surface area (Å²) >= 11 is 0. The fourth-order valence-corrected chi connectivity index (χ4v) is 5.69. The molecular weight excluding hydrogens is 700 g/mol. The van der Waals surface area contributed by atoms with Crippen LogP contribution >= 0.6 is 0 Å². The van der Waals surface area contributed by atoms with Gasteiger partial charge in [-0.15, -0.1) is 0 Å². The van der Waals surface area contributed by atoms with Gasteiger partial charge >= 0.3 is 0 Å². The molecule has 0 atom stereocenters. The second-order valence-electron chi connectivity index (χ2n) is 12.6. The highest BCUT2D eigenvalue weighted by molar-refractivity contribution is 5.91. The number of halogens is 4. The highest BCUT2D eigenvalue weighted by atomic mass is 19.1. The lowest BCUT2D eigenvalue weighted by atomic mass is 10.1. The van der Waals surface area contributed by atoms with Crippen LogP contribution in [0.15, 0.2) is 73.6 Å². The summed E-state index contributed by atoms with van der Waals surface area (Å²) in [5.74, 6) is -1.97. The Labute approximate surface area is 306 Å². The molecule has 16 heteroatoms. The zero-order valence-corrected chi connectivity index (χ0v) is 29.9. The van der Waals surface area contributed by atoms with Gasteiger partial charge in [0.2, 0.25) is 0 Å². The minimum Gasteiger partial charge on any atom is -0.351 e. The Morgan fingerprint density at radius 1 is 0.574 bits per heavy atom. The number of rotatable bonds is 6. The Kier molecular flexibility index (Phi) is 9.41. The summed E-state index contributed by atoms with van der Waals surface area (Å²) in [7, 11) is 3.46. The number of fused-ring (bicyclic) bond motifs is 2. The normalized spacial score (nSPS) is 11.1. The van der Waals surface area contributed by atoms with Crippen LogP contribution in [0.4, 0.5) is 40.3 Å². The molecule has 0 amide bonds. The van der Waals surface area contributed by atoms with E-state index in [2.05, 4.69) is 50.7 Å². The molecule has 8 aromatic rings. The Morgan fingerprint density at radius 2 is 1.09 bits per heavy atom. The third kappa shape index (κ3) is 7.00. The van der Waals surface area contributed by atoms with Crippen molar-refractivity contribution in [3.63, 3.8) is 0 Å². The molecule has 8 rings (SSSR count). The van der Waals surface area contributed by atoms with Crippen molar-refractivity contribution in [1.29, 1.82) is 0 Å². The van der Waals surface area contributed by atoms with Crippen molar-refractivity contribution in [2.75, 3.05) is 10.6 Å². The first-order valence-corrected chi connectivity index (χ1v) is 16.5. The molecule has 8 heterocycles. The van der Waals surface area contributed by atoms with Crippen molar-refractivity contribution >= 4 is 44.8 Å². The van der Waals surface area contributed by atoms with E-state index in [1.807, 2.05) is 13.8 Å². The maximum absolute atomic E-state index is 14.5. The van der Waals surface area contributed by atoms with E-state index < -0.39 is 23.3 Å². The van der Waals surface area contributed by atoms with Gasteiger partial charge in [-0.2, -0.15) is 10.2 Å². The van der Waals surface area contributed by atoms with E-state index in [0.717, 1.165) is 23.5 Å². The van der Waals surface area contributed by atoms with Crippen LogP contribution in [-0.2, 0) is 14.1 Å². The highest BCUT2D eigenvalue weighted by Gasteiger charge is 2.18. The van der Waals surface area contributed by atoms with E-state index in [0.29, 0.717) is 56.2 Å². The Hall–Kier alpha value is -6.84. The van der Waals surface area contributed by atoms with Crippen molar-refractivity contribution in [3.8, 4) is 22.8 Å². The SMILES string of the molecule is Cc1ccc(F)c(-c2cc(Nc3c(F)cnc4cn(C)nc34)c(C)cn2)n1.Cc1ccc(F)c(-c2cc(Nc3c(F)cnc4cnn(C)c34)c(C)cn2)n1. The van der Waals surface area contributed by atoms with Crippen molar-refractivity contribution in [3.05, 3.63) is 119 Å². The number of aryl methyl sites for hydroxylation is 6. The molecule has 0 saturated carbocycles. The van der Waals surface area contributed by atoms with Gasteiger partial charge < -0.3 is 10.6 Å². The monoisotopic (exact) mass is 732 g/mol. The van der Waals surface area contributed by atoms with E-state index in [-0.39, 0.29) is 22.8 Å². The topological polar surface area (TPSA) is 137 Å². The number of anilines is 4. The molecule has 0 fully saturated rings. The van der Waals surface area contributed by atoms with Crippen LogP contribution in [0.25, 0.3) is 44.8 Å². The van der Waals surface area contributed by atoms with Crippen LogP contribution in [0.1, 0.15) is 22.5 Å². The van der Waals surface area contributed by atoms with Crippen molar-refractivity contribution in [1.82, 2.24) is 49.5 Å². The largest absolute Gasteiger partial charge is 0.351 e. The average Bonchev–Trinajstić information content (AvgIpc) is 3.72. The van der Waals surface area contributed by atoms with Crippen molar-refractivity contribution in [2.24, 2.45) is 14.1 Å². The lowest BCUT2D eigenvalue weighted by Gasteiger charge is -2.13. The van der Waals surface area contributed by atoms with Crippen LogP contribution in [0.5, 0.6) is 0 Å². The Bertz CT molecular complexity index is 2700. The lowest BCUT2D eigenvalue weighted by Crippen LogP contribution is -2.03. The first-order chi connectivity index (χ1) is 25.9. The van der Waals surface area contributed by atoms with Crippen LogP contribution < -0.4 is 10.6 Å². The molecule has 272 valence electrons. The summed E-state index contributed by atoms with van der Waals surface area (Å²) in [6, 6.07) is 9.20. The van der Waals surface area contributed by atoms with E-state index in [9.17, 15) is 17.6 Å². The zero-order chi connectivity index (χ0) is 38.3. The predicted molar refractivity (Wildman–Crippen MR) is 197 cm³/mol. The van der Waals surface area contributed by atoms with Gasteiger partial charge in [0.25, 0.3) is 0 Å². The molecule has 0 aliphatic heterocycles. The summed E-state index contributed by atoms with van der Waals surface area (Å²) in [6.07, 6.45) is 8.75. The molecule has 0 spiro atoms. The summed E-state index contributed by atoms with van der Waals surface area (Å²) in [5.41, 5.74) is 7.64. The van der Waals surface area contributed by atoms with Gasteiger partial charge in [0.1, 0.15) is 44.8 Å². The second-order valence-corrected chi connectivity index (χ2v) is 12.6. The number of nitrogens with zero attached hydrogens (tertiary/aromatic N) is 10. The molecular formula is C38H32F4N12. The third-order valence-electron chi connectivity index (χ3n) is 8.50. The van der Waals surface area contributed by atoms with E-state index in [4.69, 9.17) is 0 Å². The number of nitrogens with one attached hydrogen (secondary N) is 2. The molecule has 12 nitrogen and oxygen atoms in total. The predicted octanol–water partition coefficient (Wildman–Crippen LogP) is 8.13. The minimum absolute atomic E-state index is 0.149. The molecule has 0 aliphatic carbocycles. The minimum atomic E-state index is -0.529. The number of hydrogen-bond acceptors (Lipinski definition) is 10. The van der Waals surface area contributed by atoms with Crippen LogP contribution in [0.3, 0.4) is 0 Å². The maximum Gasteiger partial charge on any atom is 0.167 e. The molecule has 0 saturated heterocycles. The molecule has 2 N–H and O–H groups in total. The quantitative estimate of drug-likeness (QED) is 0.161. The summed E-state index contributed by atoms with van der Waals surface area (Å²) in [6.45, 7) is 7.22. The Balaban J connectivity index is 0.000000167. The number of pyridine rings is 6. The fraction of sp³-hybridized carbons (Fsp3) is 0.158. The van der Waals surface area contributed by atoms with Gasteiger partial charge in [-0.1, -0.05) is 0 Å². The van der Waals surface area contributed by atoms with Gasteiger partial charge in [0.05, 0.1) is 36.2 Å². The van der Waals surface area contributed by atoms with Crippen LogP contribution in [0.2, 0.25) is 0 Å². The smallest absolute Gasteiger partial charge is 0.167 e.